The molecule has 2 fully saturated rings. The molecule has 182 valence electrons. The third-order valence-corrected chi connectivity index (χ3v) is 14.2. The SMILES string of the molecule is C=CC(=O)OCC1CSC(CSCCCCCCSCC2SCC(COC(=O)C=C)S2)S1. The number of carbonyl (C=O) groups excluding carboxylic acids is 2. The summed E-state index contributed by atoms with van der Waals surface area (Å²) in [4.78, 5) is 22.3. The summed E-state index contributed by atoms with van der Waals surface area (Å²) in [5, 5.41) is 0.849. The zero-order chi connectivity index (χ0) is 23.0. The first kappa shape index (κ1) is 28.8. The highest BCUT2D eigenvalue weighted by Crippen LogP contribution is 2.40. The number of hydrogen-bond donors (Lipinski definition) is 0. The van der Waals surface area contributed by atoms with Crippen LogP contribution in [0.4, 0.5) is 0 Å². The summed E-state index contributed by atoms with van der Waals surface area (Å²) in [6.45, 7) is 7.87. The van der Waals surface area contributed by atoms with Crippen LogP contribution in [0.25, 0.3) is 0 Å². The van der Waals surface area contributed by atoms with Gasteiger partial charge in [-0.05, 0) is 24.3 Å². The van der Waals surface area contributed by atoms with E-state index in [9.17, 15) is 9.59 Å². The van der Waals surface area contributed by atoms with E-state index in [2.05, 4.69) is 36.7 Å². The minimum Gasteiger partial charge on any atom is -0.461 e. The molecule has 4 atom stereocenters. The van der Waals surface area contributed by atoms with Gasteiger partial charge in [0.05, 0.1) is 9.16 Å². The van der Waals surface area contributed by atoms with Gasteiger partial charge in [-0.3, -0.25) is 0 Å². The van der Waals surface area contributed by atoms with Crippen molar-refractivity contribution >= 4 is 82.5 Å². The molecule has 0 amide bonds. The predicted octanol–water partition coefficient (Wildman–Crippen LogP) is 5.82. The van der Waals surface area contributed by atoms with Crippen LogP contribution >= 0.6 is 70.6 Å². The van der Waals surface area contributed by atoms with E-state index in [1.165, 1.54) is 60.8 Å². The lowest BCUT2D eigenvalue weighted by Gasteiger charge is -2.10. The first-order chi connectivity index (χ1) is 15.6. The molecule has 4 nitrogen and oxygen atoms in total. The Balaban J connectivity index is 1.34. The summed E-state index contributed by atoms with van der Waals surface area (Å²) < 4.78 is 11.6. The highest BCUT2D eigenvalue weighted by atomic mass is 32.2. The average molecular weight is 555 g/mol. The maximum atomic E-state index is 11.1. The van der Waals surface area contributed by atoms with Crippen LogP contribution in [-0.4, -0.2) is 79.3 Å². The van der Waals surface area contributed by atoms with E-state index >= 15 is 0 Å². The Bertz CT molecular complexity index is 541. The molecule has 2 rings (SSSR count). The molecule has 0 N–H and O–H groups in total. The maximum Gasteiger partial charge on any atom is 0.330 e. The highest BCUT2D eigenvalue weighted by Gasteiger charge is 2.27. The van der Waals surface area contributed by atoms with Crippen LogP contribution < -0.4 is 0 Å². The minimum atomic E-state index is -0.319. The van der Waals surface area contributed by atoms with Crippen LogP contribution in [0.1, 0.15) is 25.7 Å². The summed E-state index contributed by atoms with van der Waals surface area (Å²) in [6, 6.07) is 0. The Labute approximate surface area is 218 Å². The van der Waals surface area contributed by atoms with Crippen LogP contribution in [0.5, 0.6) is 0 Å². The molecule has 0 bridgehead atoms. The number of hydrogen-bond acceptors (Lipinski definition) is 10. The first-order valence-electron chi connectivity index (χ1n) is 10.9. The number of rotatable bonds is 17. The molecule has 0 spiro atoms. The number of esters is 2. The molecule has 2 aliphatic rings. The second kappa shape index (κ2) is 17.9. The summed E-state index contributed by atoms with van der Waals surface area (Å²) in [5.41, 5.74) is 0. The predicted molar refractivity (Wildman–Crippen MR) is 151 cm³/mol. The fourth-order valence-corrected chi connectivity index (χ4v) is 12.4. The Kier molecular flexibility index (Phi) is 16.1. The summed E-state index contributed by atoms with van der Waals surface area (Å²) in [7, 11) is 0. The number of unbranched alkanes of at least 4 members (excludes halogenated alkanes) is 3. The normalized spacial score (nSPS) is 24.9. The standard InChI is InChI=1S/C22H34O4S6/c1-3-19(23)25-11-17-13-29-21(31-17)15-27-9-7-5-6-8-10-28-16-22-30-14-18(32-22)12-26-20(24)4-2/h3-4,17-18,21-22H,1-2,5-16H2. The molecule has 0 aromatic rings. The number of ether oxygens (including phenoxy) is 2. The number of thioether (sulfide) groups is 6. The summed E-state index contributed by atoms with van der Waals surface area (Å²) in [6.07, 6.45) is 7.71. The van der Waals surface area contributed by atoms with Crippen molar-refractivity contribution in [2.75, 3.05) is 47.7 Å². The van der Waals surface area contributed by atoms with Gasteiger partial charge in [0, 0.05) is 45.7 Å². The lowest BCUT2D eigenvalue weighted by atomic mass is 10.2. The van der Waals surface area contributed by atoms with Crippen molar-refractivity contribution in [1.82, 2.24) is 0 Å². The second-order valence-corrected chi connectivity index (χ2v) is 15.7. The quantitative estimate of drug-likeness (QED) is 0.125. The zero-order valence-electron chi connectivity index (χ0n) is 18.4. The molecule has 2 heterocycles. The van der Waals surface area contributed by atoms with E-state index in [0.717, 1.165) is 11.5 Å². The molecular formula is C22H34O4S6. The lowest BCUT2D eigenvalue weighted by molar-refractivity contribution is -0.138. The van der Waals surface area contributed by atoms with Crippen molar-refractivity contribution in [3.63, 3.8) is 0 Å². The summed E-state index contributed by atoms with van der Waals surface area (Å²) in [5.74, 6) is 6.35. The average Bonchev–Trinajstić information content (AvgIpc) is 3.46. The first-order valence-corrected chi connectivity index (χ1v) is 17.2. The minimum absolute atomic E-state index is 0.319. The molecule has 10 heteroatoms. The number of carbonyl (C=O) groups is 2. The van der Waals surface area contributed by atoms with Crippen LogP contribution in [0, 0.1) is 0 Å². The van der Waals surface area contributed by atoms with Gasteiger partial charge >= 0.3 is 11.9 Å². The van der Waals surface area contributed by atoms with Crippen LogP contribution in [0.3, 0.4) is 0 Å². The van der Waals surface area contributed by atoms with Gasteiger partial charge < -0.3 is 9.47 Å². The molecule has 0 aliphatic carbocycles. The van der Waals surface area contributed by atoms with Gasteiger partial charge in [0.15, 0.2) is 0 Å². The van der Waals surface area contributed by atoms with Crippen LogP contribution in [-0.2, 0) is 19.1 Å². The lowest BCUT2D eigenvalue weighted by Crippen LogP contribution is -2.14. The van der Waals surface area contributed by atoms with Crippen molar-refractivity contribution in [1.29, 1.82) is 0 Å². The van der Waals surface area contributed by atoms with E-state index in [1.807, 2.05) is 47.0 Å². The van der Waals surface area contributed by atoms with Gasteiger partial charge in [0.25, 0.3) is 0 Å². The second-order valence-electron chi connectivity index (χ2n) is 7.27. The van der Waals surface area contributed by atoms with Crippen molar-refractivity contribution in [2.24, 2.45) is 0 Å². The summed E-state index contributed by atoms with van der Waals surface area (Å²) >= 11 is 12.0. The largest absolute Gasteiger partial charge is 0.461 e. The Morgan fingerprint density at radius 3 is 1.62 bits per heavy atom. The monoisotopic (exact) mass is 554 g/mol. The highest BCUT2D eigenvalue weighted by molar-refractivity contribution is 8.22. The Morgan fingerprint density at radius 1 is 0.781 bits per heavy atom. The fourth-order valence-electron chi connectivity index (χ4n) is 2.95. The molecule has 0 saturated carbocycles. The van der Waals surface area contributed by atoms with E-state index < -0.39 is 0 Å². The molecule has 4 unspecified atom stereocenters. The van der Waals surface area contributed by atoms with Gasteiger partial charge in [0.1, 0.15) is 13.2 Å². The zero-order valence-corrected chi connectivity index (χ0v) is 23.3. The molecule has 2 aliphatic heterocycles. The smallest absolute Gasteiger partial charge is 0.330 e. The van der Waals surface area contributed by atoms with Gasteiger partial charge in [-0.25, -0.2) is 9.59 Å². The van der Waals surface area contributed by atoms with Crippen molar-refractivity contribution < 1.29 is 19.1 Å². The van der Waals surface area contributed by atoms with Gasteiger partial charge in [-0.1, -0.05) is 26.0 Å². The molecular weight excluding hydrogens is 521 g/mol. The van der Waals surface area contributed by atoms with Crippen molar-refractivity contribution in [2.45, 2.75) is 45.3 Å². The Morgan fingerprint density at radius 2 is 1.22 bits per heavy atom. The molecule has 2 saturated heterocycles. The molecule has 32 heavy (non-hydrogen) atoms. The van der Waals surface area contributed by atoms with Gasteiger partial charge in [-0.2, -0.15) is 23.5 Å². The van der Waals surface area contributed by atoms with E-state index in [4.69, 9.17) is 9.47 Å². The van der Waals surface area contributed by atoms with E-state index in [1.54, 1.807) is 0 Å². The fraction of sp³-hybridized carbons (Fsp3) is 0.727. The molecule has 0 aromatic heterocycles. The van der Waals surface area contributed by atoms with E-state index in [-0.39, 0.29) is 11.9 Å². The third-order valence-electron chi connectivity index (χ3n) is 4.62. The van der Waals surface area contributed by atoms with Crippen molar-refractivity contribution in [3.8, 4) is 0 Å². The topological polar surface area (TPSA) is 52.6 Å². The van der Waals surface area contributed by atoms with Crippen LogP contribution in [0.15, 0.2) is 25.3 Å². The van der Waals surface area contributed by atoms with Crippen LogP contribution in [0.2, 0.25) is 0 Å². The van der Waals surface area contributed by atoms with Gasteiger partial charge in [0.2, 0.25) is 0 Å². The molecule has 0 radical (unpaired) electrons. The Hall–Kier alpha value is 0.520. The third kappa shape index (κ3) is 12.8. The maximum absolute atomic E-state index is 11.1. The molecule has 0 aromatic carbocycles. The van der Waals surface area contributed by atoms with E-state index in [0.29, 0.717) is 32.9 Å². The van der Waals surface area contributed by atoms with Crippen molar-refractivity contribution in [3.05, 3.63) is 25.3 Å². The van der Waals surface area contributed by atoms with Gasteiger partial charge in [-0.15, -0.1) is 47.0 Å².